The Bertz CT molecular complexity index is 662. The molecular formula is C19H33IN6O2. The maximum atomic E-state index is 11.9. The van der Waals surface area contributed by atoms with E-state index in [9.17, 15) is 4.79 Å². The Balaban J connectivity index is 0.00000392. The molecule has 1 aromatic rings. The van der Waals surface area contributed by atoms with Gasteiger partial charge >= 0.3 is 0 Å². The van der Waals surface area contributed by atoms with Gasteiger partial charge in [0.25, 0.3) is 0 Å². The van der Waals surface area contributed by atoms with E-state index in [0.717, 1.165) is 31.1 Å². The number of aliphatic imine (C=N–C) groups is 1. The van der Waals surface area contributed by atoms with Gasteiger partial charge in [-0.05, 0) is 45.4 Å². The van der Waals surface area contributed by atoms with Crippen LogP contribution in [-0.4, -0.2) is 61.8 Å². The van der Waals surface area contributed by atoms with Gasteiger partial charge in [0.1, 0.15) is 5.82 Å². The molecule has 8 nitrogen and oxygen atoms in total. The number of hydrogen-bond acceptors (Lipinski definition) is 5. The molecular weight excluding hydrogens is 471 g/mol. The lowest BCUT2D eigenvalue weighted by Gasteiger charge is -2.32. The molecule has 3 N–H and O–H groups in total. The lowest BCUT2D eigenvalue weighted by Crippen LogP contribution is -2.48. The van der Waals surface area contributed by atoms with Gasteiger partial charge in [0, 0.05) is 38.4 Å². The highest BCUT2D eigenvalue weighted by Gasteiger charge is 2.18. The van der Waals surface area contributed by atoms with Crippen LogP contribution in [0, 0.1) is 0 Å². The van der Waals surface area contributed by atoms with E-state index in [2.05, 4.69) is 43.8 Å². The summed E-state index contributed by atoms with van der Waals surface area (Å²) in [6.45, 7) is 11.1. The van der Waals surface area contributed by atoms with Crippen molar-refractivity contribution in [2.45, 2.75) is 45.9 Å². The number of ether oxygens (including phenoxy) is 1. The van der Waals surface area contributed by atoms with E-state index in [-0.39, 0.29) is 48.1 Å². The Hall–Kier alpha value is -1.62. The molecule has 1 amide bonds. The van der Waals surface area contributed by atoms with Gasteiger partial charge in [0.2, 0.25) is 5.91 Å². The Kier molecular flexibility index (Phi) is 9.94. The SMILES string of the molecule is CN=C(NCC(=O)NC(C)(C)C)NCc1ccnc(N2CCOC(C)C2)c1.I. The standard InChI is InChI=1S/C19H32N6O2.HI/c1-14-13-25(8-9-27-14)16-10-15(6-7-21-16)11-22-18(20-5)23-12-17(26)24-19(2,3)4;/h6-7,10,14H,8-9,11-13H2,1-5H3,(H,24,26)(H2,20,22,23);1H. The number of carbonyl (C=O) groups is 1. The van der Waals surface area contributed by atoms with Crippen molar-refractivity contribution in [2.24, 2.45) is 4.99 Å². The Morgan fingerprint density at radius 3 is 2.79 bits per heavy atom. The number of rotatable bonds is 5. The fourth-order valence-electron chi connectivity index (χ4n) is 2.80. The molecule has 0 bridgehead atoms. The van der Waals surface area contributed by atoms with E-state index in [4.69, 9.17) is 4.74 Å². The first kappa shape index (κ1) is 24.4. The molecule has 1 aromatic heterocycles. The zero-order valence-electron chi connectivity index (χ0n) is 17.4. The highest BCUT2D eigenvalue weighted by Crippen LogP contribution is 2.16. The molecule has 1 unspecified atom stereocenters. The second-order valence-corrected chi connectivity index (χ2v) is 7.73. The van der Waals surface area contributed by atoms with Crippen LogP contribution in [0.1, 0.15) is 33.3 Å². The zero-order chi connectivity index (χ0) is 19.9. The summed E-state index contributed by atoms with van der Waals surface area (Å²) >= 11 is 0. The monoisotopic (exact) mass is 504 g/mol. The second kappa shape index (κ2) is 11.4. The number of carbonyl (C=O) groups excluding carboxylic acids is 1. The predicted octanol–water partition coefficient (Wildman–Crippen LogP) is 1.50. The van der Waals surface area contributed by atoms with Crippen molar-refractivity contribution >= 4 is 41.7 Å². The zero-order valence-corrected chi connectivity index (χ0v) is 19.7. The molecule has 9 heteroatoms. The van der Waals surface area contributed by atoms with Crippen LogP contribution in [0.25, 0.3) is 0 Å². The van der Waals surface area contributed by atoms with Crippen molar-refractivity contribution in [3.05, 3.63) is 23.9 Å². The largest absolute Gasteiger partial charge is 0.375 e. The summed E-state index contributed by atoms with van der Waals surface area (Å²) in [5.74, 6) is 1.47. The Morgan fingerprint density at radius 1 is 1.39 bits per heavy atom. The third kappa shape index (κ3) is 8.59. The fourth-order valence-corrected chi connectivity index (χ4v) is 2.80. The number of nitrogens with one attached hydrogen (secondary N) is 3. The van der Waals surface area contributed by atoms with Crippen molar-refractivity contribution in [3.63, 3.8) is 0 Å². The summed E-state index contributed by atoms with van der Waals surface area (Å²) in [6, 6.07) is 4.05. The minimum absolute atomic E-state index is 0. The second-order valence-electron chi connectivity index (χ2n) is 7.73. The molecule has 0 aliphatic carbocycles. The summed E-state index contributed by atoms with van der Waals surface area (Å²) in [5.41, 5.74) is 0.849. The van der Waals surface area contributed by atoms with E-state index in [1.54, 1.807) is 7.05 Å². The lowest BCUT2D eigenvalue weighted by atomic mass is 10.1. The van der Waals surface area contributed by atoms with E-state index < -0.39 is 0 Å². The normalized spacial score (nSPS) is 17.5. The molecule has 0 radical (unpaired) electrons. The summed E-state index contributed by atoms with van der Waals surface area (Å²) < 4.78 is 5.59. The van der Waals surface area contributed by atoms with E-state index in [1.165, 1.54) is 0 Å². The molecule has 1 aliphatic heterocycles. The molecule has 2 rings (SSSR count). The first-order chi connectivity index (χ1) is 12.8. The molecule has 28 heavy (non-hydrogen) atoms. The van der Waals surface area contributed by atoms with Gasteiger partial charge < -0.3 is 25.6 Å². The van der Waals surface area contributed by atoms with Crippen LogP contribution in [-0.2, 0) is 16.1 Å². The topological polar surface area (TPSA) is 90.9 Å². The number of hydrogen-bond donors (Lipinski definition) is 3. The molecule has 2 heterocycles. The van der Waals surface area contributed by atoms with Crippen molar-refractivity contribution in [3.8, 4) is 0 Å². The number of nitrogens with zero attached hydrogens (tertiary/aromatic N) is 3. The smallest absolute Gasteiger partial charge is 0.239 e. The van der Waals surface area contributed by atoms with Gasteiger partial charge in [-0.15, -0.1) is 24.0 Å². The summed E-state index contributed by atoms with van der Waals surface area (Å²) in [7, 11) is 1.68. The van der Waals surface area contributed by atoms with Gasteiger partial charge in [-0.3, -0.25) is 9.79 Å². The van der Waals surface area contributed by atoms with Crippen LogP contribution in [0.4, 0.5) is 5.82 Å². The van der Waals surface area contributed by atoms with Crippen molar-refractivity contribution in [1.82, 2.24) is 20.9 Å². The van der Waals surface area contributed by atoms with Crippen LogP contribution >= 0.6 is 24.0 Å². The molecule has 1 saturated heterocycles. The molecule has 1 fully saturated rings. The van der Waals surface area contributed by atoms with Gasteiger partial charge in [-0.2, -0.15) is 0 Å². The van der Waals surface area contributed by atoms with Gasteiger partial charge in [-0.25, -0.2) is 4.98 Å². The first-order valence-electron chi connectivity index (χ1n) is 9.34. The third-order valence-electron chi connectivity index (χ3n) is 3.99. The maximum Gasteiger partial charge on any atom is 0.239 e. The van der Waals surface area contributed by atoms with Crippen LogP contribution in [0.5, 0.6) is 0 Å². The molecule has 0 aromatic carbocycles. The number of pyridine rings is 1. The quantitative estimate of drug-likeness (QED) is 0.320. The van der Waals surface area contributed by atoms with Gasteiger partial charge in [0.05, 0.1) is 19.3 Å². The van der Waals surface area contributed by atoms with Crippen molar-refractivity contribution in [2.75, 3.05) is 38.2 Å². The molecule has 0 spiro atoms. The van der Waals surface area contributed by atoms with E-state index in [0.29, 0.717) is 12.5 Å². The summed E-state index contributed by atoms with van der Waals surface area (Å²) in [4.78, 5) is 22.8. The molecule has 158 valence electrons. The van der Waals surface area contributed by atoms with Crippen LogP contribution < -0.4 is 20.9 Å². The van der Waals surface area contributed by atoms with Gasteiger partial charge in [-0.1, -0.05) is 0 Å². The number of amides is 1. The lowest BCUT2D eigenvalue weighted by molar-refractivity contribution is -0.121. The predicted molar refractivity (Wildman–Crippen MR) is 123 cm³/mol. The average Bonchev–Trinajstić information content (AvgIpc) is 2.60. The maximum absolute atomic E-state index is 11.9. The number of halogens is 1. The Labute approximate surface area is 184 Å². The van der Waals surface area contributed by atoms with Crippen LogP contribution in [0.3, 0.4) is 0 Å². The summed E-state index contributed by atoms with van der Waals surface area (Å²) in [6.07, 6.45) is 2.03. The van der Waals surface area contributed by atoms with E-state index >= 15 is 0 Å². The molecule has 0 saturated carbocycles. The van der Waals surface area contributed by atoms with E-state index in [1.807, 2.05) is 33.0 Å². The minimum atomic E-state index is -0.250. The van der Waals surface area contributed by atoms with Crippen molar-refractivity contribution < 1.29 is 9.53 Å². The molecule has 1 aliphatic rings. The number of aromatic nitrogens is 1. The number of morpholine rings is 1. The van der Waals surface area contributed by atoms with Gasteiger partial charge in [0.15, 0.2) is 5.96 Å². The average molecular weight is 504 g/mol. The first-order valence-corrected chi connectivity index (χ1v) is 9.34. The van der Waals surface area contributed by atoms with Crippen LogP contribution in [0.15, 0.2) is 23.3 Å². The van der Waals surface area contributed by atoms with Crippen LogP contribution in [0.2, 0.25) is 0 Å². The summed E-state index contributed by atoms with van der Waals surface area (Å²) in [5, 5.41) is 9.17. The Morgan fingerprint density at radius 2 is 2.14 bits per heavy atom. The highest BCUT2D eigenvalue weighted by molar-refractivity contribution is 14.0. The number of guanidine groups is 1. The highest BCUT2D eigenvalue weighted by atomic mass is 127. The number of anilines is 1. The third-order valence-corrected chi connectivity index (χ3v) is 3.99. The molecule has 1 atom stereocenters. The van der Waals surface area contributed by atoms with Crippen molar-refractivity contribution in [1.29, 1.82) is 0 Å². The fraction of sp³-hybridized carbons (Fsp3) is 0.632. The minimum Gasteiger partial charge on any atom is -0.375 e.